The number of fused-ring (bicyclic) bond motifs is 1. The molecule has 2 aliphatic rings. The third-order valence-electron chi connectivity index (χ3n) is 3.57. The molecule has 1 saturated heterocycles. The van der Waals surface area contributed by atoms with E-state index in [9.17, 15) is 14.4 Å². The fourth-order valence-electron chi connectivity index (χ4n) is 2.45. The van der Waals surface area contributed by atoms with Crippen LogP contribution in [-0.2, 0) is 19.1 Å². The van der Waals surface area contributed by atoms with E-state index in [1.54, 1.807) is 25.1 Å². The first-order valence-corrected chi connectivity index (χ1v) is 9.06. The number of hydrogen-bond acceptors (Lipinski definition) is 7. The summed E-state index contributed by atoms with van der Waals surface area (Å²) < 4.78 is 15.8. The van der Waals surface area contributed by atoms with E-state index in [1.165, 1.54) is 22.7 Å². The van der Waals surface area contributed by atoms with Gasteiger partial charge in [-0.05, 0) is 19.1 Å². The van der Waals surface area contributed by atoms with Gasteiger partial charge in [0.05, 0.1) is 23.5 Å². The van der Waals surface area contributed by atoms with Gasteiger partial charge in [-0.3, -0.25) is 14.5 Å². The lowest BCUT2D eigenvalue weighted by molar-refractivity contribution is -0.137. The van der Waals surface area contributed by atoms with Crippen LogP contribution < -0.4 is 14.8 Å². The number of thioether (sulfide) groups is 1. The summed E-state index contributed by atoms with van der Waals surface area (Å²) >= 11 is 1.20. The number of esters is 1. The van der Waals surface area contributed by atoms with Crippen molar-refractivity contribution >= 4 is 35.2 Å². The summed E-state index contributed by atoms with van der Waals surface area (Å²) in [4.78, 5) is 37.2. The molecule has 26 heavy (non-hydrogen) atoms. The van der Waals surface area contributed by atoms with Gasteiger partial charge in [-0.1, -0.05) is 11.8 Å². The third-order valence-corrected chi connectivity index (χ3v) is 4.59. The van der Waals surface area contributed by atoms with Gasteiger partial charge in [-0.25, -0.2) is 4.79 Å². The largest absolute Gasteiger partial charge is 0.486 e. The van der Waals surface area contributed by atoms with Gasteiger partial charge in [-0.15, -0.1) is 0 Å². The van der Waals surface area contributed by atoms with E-state index in [0.29, 0.717) is 35.4 Å². The highest BCUT2D eigenvalue weighted by Gasteiger charge is 2.29. The van der Waals surface area contributed by atoms with Crippen LogP contribution in [-0.4, -0.2) is 54.8 Å². The van der Waals surface area contributed by atoms with Crippen LogP contribution in [0.4, 0.5) is 5.69 Å². The molecule has 0 saturated carbocycles. The molecular weight excluding hydrogens is 360 g/mol. The molecule has 2 heterocycles. The van der Waals surface area contributed by atoms with E-state index >= 15 is 0 Å². The molecule has 9 heteroatoms. The van der Waals surface area contributed by atoms with E-state index in [4.69, 9.17) is 14.2 Å². The van der Waals surface area contributed by atoms with E-state index in [1.807, 2.05) is 0 Å². The molecule has 0 aliphatic carbocycles. The van der Waals surface area contributed by atoms with Gasteiger partial charge in [0.25, 0.3) is 0 Å². The Labute approximate surface area is 154 Å². The average Bonchev–Trinajstić information content (AvgIpc) is 2.95. The van der Waals surface area contributed by atoms with Crippen LogP contribution >= 0.6 is 11.8 Å². The second-order valence-electron chi connectivity index (χ2n) is 5.41. The summed E-state index contributed by atoms with van der Waals surface area (Å²) in [6.07, 6.45) is 1.23. The van der Waals surface area contributed by atoms with Crippen molar-refractivity contribution in [2.75, 3.05) is 37.4 Å². The number of hydrogen-bond donors (Lipinski definition) is 1. The number of anilines is 1. The van der Waals surface area contributed by atoms with Crippen molar-refractivity contribution in [1.82, 2.24) is 4.90 Å². The minimum Gasteiger partial charge on any atom is -0.486 e. The highest BCUT2D eigenvalue weighted by molar-refractivity contribution is 8.04. The zero-order chi connectivity index (χ0) is 18.5. The van der Waals surface area contributed by atoms with E-state index in [-0.39, 0.29) is 30.7 Å². The average molecular weight is 378 g/mol. The Kier molecular flexibility index (Phi) is 5.67. The summed E-state index contributed by atoms with van der Waals surface area (Å²) in [5.74, 6) is 0.213. The molecule has 1 aromatic rings. The maximum Gasteiger partial charge on any atom is 0.333 e. The molecule has 8 nitrogen and oxygen atoms in total. The highest BCUT2D eigenvalue weighted by Crippen LogP contribution is 2.33. The number of nitrogens with zero attached hydrogens (tertiary/aromatic N) is 1. The van der Waals surface area contributed by atoms with Crippen LogP contribution in [0.3, 0.4) is 0 Å². The fourth-order valence-corrected chi connectivity index (χ4v) is 3.38. The first-order valence-electron chi connectivity index (χ1n) is 8.08. The molecule has 0 bridgehead atoms. The predicted molar refractivity (Wildman–Crippen MR) is 94.9 cm³/mol. The lowest BCUT2D eigenvalue weighted by Crippen LogP contribution is -2.34. The standard InChI is InChI=1S/C17H18N2O6S/c1-2-23-17(22)8-16-19(15(21)10-26-16)9-14(20)18-11-3-4-12-13(7-11)25-6-5-24-12/h3-4,7-8H,2,5-6,9-10H2,1H3,(H,18,20)/b16-8-. The molecule has 3 rings (SSSR count). The van der Waals surface area contributed by atoms with Crippen molar-refractivity contribution in [3.05, 3.63) is 29.3 Å². The molecule has 1 aromatic carbocycles. The zero-order valence-electron chi connectivity index (χ0n) is 14.1. The van der Waals surface area contributed by atoms with Crippen LogP contribution in [0.25, 0.3) is 0 Å². The quantitative estimate of drug-likeness (QED) is 0.611. The van der Waals surface area contributed by atoms with Crippen LogP contribution in [0, 0.1) is 0 Å². The number of benzene rings is 1. The molecule has 2 amide bonds. The van der Waals surface area contributed by atoms with E-state index in [0.717, 1.165) is 0 Å². The number of carbonyl (C=O) groups excluding carboxylic acids is 3. The van der Waals surface area contributed by atoms with Crippen molar-refractivity contribution in [3.63, 3.8) is 0 Å². The SMILES string of the molecule is CCOC(=O)/C=C1\SCC(=O)N1CC(=O)Nc1ccc2c(c1)OCCO2. The maximum absolute atomic E-state index is 12.3. The van der Waals surface area contributed by atoms with Crippen molar-refractivity contribution in [1.29, 1.82) is 0 Å². The van der Waals surface area contributed by atoms with Crippen molar-refractivity contribution in [3.8, 4) is 11.5 Å². The van der Waals surface area contributed by atoms with Gasteiger partial charge in [0, 0.05) is 11.8 Å². The molecule has 0 spiro atoms. The van der Waals surface area contributed by atoms with Crippen molar-refractivity contribution < 1.29 is 28.6 Å². The Bertz CT molecular complexity index is 764. The first-order chi connectivity index (χ1) is 12.6. The number of rotatable bonds is 5. The Morgan fingerprint density at radius 2 is 2.08 bits per heavy atom. The number of carbonyl (C=O) groups is 3. The Balaban J connectivity index is 1.64. The van der Waals surface area contributed by atoms with E-state index < -0.39 is 5.97 Å². The van der Waals surface area contributed by atoms with Crippen LogP contribution in [0.5, 0.6) is 11.5 Å². The monoisotopic (exact) mass is 378 g/mol. The molecule has 1 N–H and O–H groups in total. The smallest absolute Gasteiger partial charge is 0.333 e. The third kappa shape index (κ3) is 4.29. The topological polar surface area (TPSA) is 94.2 Å². The second kappa shape index (κ2) is 8.13. The van der Waals surface area contributed by atoms with Crippen LogP contribution in [0.15, 0.2) is 29.3 Å². The van der Waals surface area contributed by atoms with Gasteiger partial charge in [0.2, 0.25) is 11.8 Å². The molecular formula is C17H18N2O6S. The number of amides is 2. The Hall–Kier alpha value is -2.68. The van der Waals surface area contributed by atoms with Gasteiger partial charge < -0.3 is 19.5 Å². The molecule has 0 radical (unpaired) electrons. The molecule has 2 aliphatic heterocycles. The molecule has 0 aromatic heterocycles. The van der Waals surface area contributed by atoms with Crippen molar-refractivity contribution in [2.45, 2.75) is 6.92 Å². The van der Waals surface area contributed by atoms with Gasteiger partial charge in [-0.2, -0.15) is 0 Å². The normalized spacial score (nSPS) is 17.3. The summed E-state index contributed by atoms with van der Waals surface area (Å²) in [6.45, 7) is 2.69. The van der Waals surface area contributed by atoms with Gasteiger partial charge in [0.1, 0.15) is 19.8 Å². The minimum atomic E-state index is -0.540. The number of nitrogens with one attached hydrogen (secondary N) is 1. The predicted octanol–water partition coefficient (Wildman–Crippen LogP) is 1.38. The zero-order valence-corrected chi connectivity index (χ0v) is 15.0. The number of ether oxygens (including phenoxy) is 3. The summed E-state index contributed by atoms with van der Waals surface area (Å²) in [5, 5.41) is 3.13. The minimum absolute atomic E-state index is 0.183. The molecule has 138 valence electrons. The van der Waals surface area contributed by atoms with Gasteiger partial charge >= 0.3 is 5.97 Å². The highest BCUT2D eigenvalue weighted by atomic mass is 32.2. The first kappa shape index (κ1) is 18.1. The lowest BCUT2D eigenvalue weighted by atomic mass is 10.2. The molecule has 0 atom stereocenters. The van der Waals surface area contributed by atoms with Crippen LogP contribution in [0.2, 0.25) is 0 Å². The maximum atomic E-state index is 12.3. The van der Waals surface area contributed by atoms with Crippen molar-refractivity contribution in [2.24, 2.45) is 0 Å². The Morgan fingerprint density at radius 3 is 2.85 bits per heavy atom. The van der Waals surface area contributed by atoms with Gasteiger partial charge in [0.15, 0.2) is 11.5 Å². The Morgan fingerprint density at radius 1 is 1.31 bits per heavy atom. The molecule has 1 fully saturated rings. The lowest BCUT2D eigenvalue weighted by Gasteiger charge is -2.20. The van der Waals surface area contributed by atoms with Crippen LogP contribution in [0.1, 0.15) is 6.92 Å². The van der Waals surface area contributed by atoms with E-state index in [2.05, 4.69) is 5.32 Å². The fraction of sp³-hybridized carbons (Fsp3) is 0.353. The summed E-state index contributed by atoms with van der Waals surface area (Å²) in [5.41, 5.74) is 0.537. The summed E-state index contributed by atoms with van der Waals surface area (Å²) in [7, 11) is 0. The molecule has 0 unspecified atom stereocenters. The second-order valence-corrected chi connectivity index (χ2v) is 6.41. The summed E-state index contributed by atoms with van der Waals surface area (Å²) in [6, 6.07) is 5.08.